The monoisotopic (exact) mass is 369 g/mol. The average Bonchev–Trinajstić information content (AvgIpc) is 2.76. The lowest BCUT2D eigenvalue weighted by Gasteiger charge is -2.04. The van der Waals surface area contributed by atoms with E-state index in [0.717, 1.165) is 16.9 Å². The Bertz CT molecular complexity index is 1080. The fourth-order valence-electron chi connectivity index (χ4n) is 2.43. The second-order valence-electron chi connectivity index (χ2n) is 5.74. The fourth-order valence-corrected chi connectivity index (χ4v) is 2.43. The molecule has 3 rings (SSSR count). The molecule has 0 spiro atoms. The van der Waals surface area contributed by atoms with Crippen LogP contribution in [0.3, 0.4) is 0 Å². The SMILES string of the molecule is COc1cccc(C#Cc2cccc(C#Cc3cc(OC)cc(OC)c3)n2)c1. The second-order valence-corrected chi connectivity index (χ2v) is 5.74. The molecular weight excluding hydrogens is 350 g/mol. The minimum Gasteiger partial charge on any atom is -0.497 e. The van der Waals surface area contributed by atoms with Gasteiger partial charge in [-0.05, 0) is 54.3 Å². The van der Waals surface area contributed by atoms with E-state index in [2.05, 4.69) is 28.7 Å². The Labute approximate surface area is 165 Å². The molecule has 0 bridgehead atoms. The number of pyridine rings is 1. The Morgan fingerprint density at radius 1 is 0.571 bits per heavy atom. The number of rotatable bonds is 3. The molecule has 1 aromatic heterocycles. The zero-order valence-corrected chi connectivity index (χ0v) is 15.9. The molecule has 4 heteroatoms. The normalized spacial score (nSPS) is 9.39. The van der Waals surface area contributed by atoms with Crippen molar-refractivity contribution in [1.82, 2.24) is 4.98 Å². The van der Waals surface area contributed by atoms with Crippen LogP contribution in [0.4, 0.5) is 0 Å². The molecule has 4 nitrogen and oxygen atoms in total. The van der Waals surface area contributed by atoms with Crippen LogP contribution in [0, 0.1) is 23.7 Å². The number of nitrogens with zero attached hydrogens (tertiary/aromatic N) is 1. The third kappa shape index (κ3) is 5.06. The molecule has 0 aliphatic carbocycles. The zero-order chi connectivity index (χ0) is 19.8. The summed E-state index contributed by atoms with van der Waals surface area (Å²) < 4.78 is 15.8. The molecule has 0 fully saturated rings. The van der Waals surface area contributed by atoms with Gasteiger partial charge in [-0.1, -0.05) is 24.0 Å². The summed E-state index contributed by atoms with van der Waals surface area (Å²) in [6, 6.07) is 18.7. The molecular formula is C24H19NO3. The highest BCUT2D eigenvalue weighted by atomic mass is 16.5. The highest BCUT2D eigenvalue weighted by Crippen LogP contribution is 2.21. The smallest absolute Gasteiger partial charge is 0.123 e. The van der Waals surface area contributed by atoms with E-state index >= 15 is 0 Å². The minimum absolute atomic E-state index is 0.638. The van der Waals surface area contributed by atoms with Gasteiger partial charge in [0.2, 0.25) is 0 Å². The van der Waals surface area contributed by atoms with E-state index in [-0.39, 0.29) is 0 Å². The van der Waals surface area contributed by atoms with E-state index in [0.29, 0.717) is 22.9 Å². The Hall–Kier alpha value is -3.89. The van der Waals surface area contributed by atoms with Crippen LogP contribution < -0.4 is 14.2 Å². The average molecular weight is 369 g/mol. The molecule has 2 aromatic carbocycles. The van der Waals surface area contributed by atoms with Crippen molar-refractivity contribution in [1.29, 1.82) is 0 Å². The van der Waals surface area contributed by atoms with Crippen LogP contribution in [0.5, 0.6) is 17.2 Å². The molecule has 0 aliphatic heterocycles. The number of aromatic nitrogens is 1. The molecule has 0 N–H and O–H groups in total. The van der Waals surface area contributed by atoms with Crippen LogP contribution in [0.25, 0.3) is 0 Å². The van der Waals surface area contributed by atoms with Gasteiger partial charge in [-0.25, -0.2) is 4.98 Å². The summed E-state index contributed by atoms with van der Waals surface area (Å²) in [5, 5.41) is 0. The quantitative estimate of drug-likeness (QED) is 0.657. The Morgan fingerprint density at radius 2 is 1.11 bits per heavy atom. The van der Waals surface area contributed by atoms with Gasteiger partial charge in [-0.15, -0.1) is 0 Å². The minimum atomic E-state index is 0.638. The molecule has 1 heterocycles. The molecule has 0 saturated carbocycles. The second kappa shape index (κ2) is 9.16. The van der Waals surface area contributed by atoms with Crippen LogP contribution in [-0.4, -0.2) is 26.3 Å². The number of hydrogen-bond acceptors (Lipinski definition) is 4. The van der Waals surface area contributed by atoms with E-state index in [1.54, 1.807) is 27.4 Å². The molecule has 0 atom stereocenters. The standard InChI is InChI=1S/C24H19NO3/c1-26-22-9-4-6-18(14-22)10-12-20-7-5-8-21(25-20)13-11-19-15-23(27-2)17-24(16-19)28-3/h4-9,14-17H,1-3H3. The fraction of sp³-hybridized carbons (Fsp3) is 0.125. The van der Waals surface area contributed by atoms with Crippen molar-refractivity contribution >= 4 is 0 Å². The van der Waals surface area contributed by atoms with Crippen molar-refractivity contribution in [3.05, 3.63) is 83.2 Å². The number of hydrogen-bond donors (Lipinski definition) is 0. The molecule has 0 radical (unpaired) electrons. The molecule has 0 amide bonds. The van der Waals surface area contributed by atoms with Gasteiger partial charge >= 0.3 is 0 Å². The predicted molar refractivity (Wildman–Crippen MR) is 109 cm³/mol. The third-order valence-electron chi connectivity index (χ3n) is 3.84. The first kappa shape index (κ1) is 18.9. The molecule has 0 aliphatic rings. The van der Waals surface area contributed by atoms with Gasteiger partial charge in [0.25, 0.3) is 0 Å². The van der Waals surface area contributed by atoms with E-state index in [1.165, 1.54) is 0 Å². The molecule has 0 saturated heterocycles. The summed E-state index contributed by atoms with van der Waals surface area (Å²) in [5.41, 5.74) is 2.93. The van der Waals surface area contributed by atoms with Crippen molar-refractivity contribution in [3.63, 3.8) is 0 Å². The highest BCUT2D eigenvalue weighted by molar-refractivity contribution is 5.49. The lowest BCUT2D eigenvalue weighted by atomic mass is 10.2. The summed E-state index contributed by atoms with van der Waals surface area (Å²) in [6.07, 6.45) is 0. The summed E-state index contributed by atoms with van der Waals surface area (Å²) >= 11 is 0. The van der Waals surface area contributed by atoms with E-state index in [9.17, 15) is 0 Å². The Kier molecular flexibility index (Phi) is 6.18. The summed E-state index contributed by atoms with van der Waals surface area (Å²) in [4.78, 5) is 4.49. The summed E-state index contributed by atoms with van der Waals surface area (Å²) in [5.74, 6) is 14.5. The zero-order valence-electron chi connectivity index (χ0n) is 15.9. The molecule has 0 unspecified atom stereocenters. The van der Waals surface area contributed by atoms with Crippen molar-refractivity contribution in [2.24, 2.45) is 0 Å². The van der Waals surface area contributed by atoms with Gasteiger partial charge in [-0.2, -0.15) is 0 Å². The van der Waals surface area contributed by atoms with Gasteiger partial charge < -0.3 is 14.2 Å². The van der Waals surface area contributed by atoms with Gasteiger partial charge in [0.1, 0.15) is 28.6 Å². The largest absolute Gasteiger partial charge is 0.497 e. The van der Waals surface area contributed by atoms with Gasteiger partial charge in [0.15, 0.2) is 0 Å². The summed E-state index contributed by atoms with van der Waals surface area (Å²) in [6.45, 7) is 0. The number of methoxy groups -OCH3 is 3. The topological polar surface area (TPSA) is 40.6 Å². The number of ether oxygens (including phenoxy) is 3. The van der Waals surface area contributed by atoms with Crippen molar-refractivity contribution < 1.29 is 14.2 Å². The van der Waals surface area contributed by atoms with Crippen LogP contribution in [-0.2, 0) is 0 Å². The van der Waals surface area contributed by atoms with Crippen molar-refractivity contribution in [2.45, 2.75) is 0 Å². The first-order valence-corrected chi connectivity index (χ1v) is 8.58. The van der Waals surface area contributed by atoms with Crippen LogP contribution in [0.15, 0.2) is 60.7 Å². The van der Waals surface area contributed by atoms with Crippen LogP contribution in [0.2, 0.25) is 0 Å². The predicted octanol–water partition coefficient (Wildman–Crippen LogP) is 3.91. The Balaban J connectivity index is 1.84. The third-order valence-corrected chi connectivity index (χ3v) is 3.84. The first-order chi connectivity index (χ1) is 13.7. The Morgan fingerprint density at radius 3 is 1.71 bits per heavy atom. The van der Waals surface area contributed by atoms with Gasteiger partial charge in [0.05, 0.1) is 21.3 Å². The van der Waals surface area contributed by atoms with Crippen LogP contribution >= 0.6 is 0 Å². The maximum absolute atomic E-state index is 5.27. The van der Waals surface area contributed by atoms with Crippen LogP contribution in [0.1, 0.15) is 22.5 Å². The van der Waals surface area contributed by atoms with Crippen molar-refractivity contribution in [2.75, 3.05) is 21.3 Å². The number of benzene rings is 2. The van der Waals surface area contributed by atoms with E-state index in [4.69, 9.17) is 14.2 Å². The first-order valence-electron chi connectivity index (χ1n) is 8.58. The molecule has 3 aromatic rings. The highest BCUT2D eigenvalue weighted by Gasteiger charge is 2.00. The molecule has 138 valence electrons. The van der Waals surface area contributed by atoms with E-state index in [1.807, 2.05) is 54.6 Å². The van der Waals surface area contributed by atoms with Gasteiger partial charge in [0, 0.05) is 17.2 Å². The summed E-state index contributed by atoms with van der Waals surface area (Å²) in [7, 11) is 4.85. The van der Waals surface area contributed by atoms with Crippen molar-refractivity contribution in [3.8, 4) is 40.9 Å². The lowest BCUT2D eigenvalue weighted by molar-refractivity contribution is 0.394. The van der Waals surface area contributed by atoms with Gasteiger partial charge in [-0.3, -0.25) is 0 Å². The maximum atomic E-state index is 5.27. The molecule has 28 heavy (non-hydrogen) atoms. The maximum Gasteiger partial charge on any atom is 0.123 e. The van der Waals surface area contributed by atoms with E-state index < -0.39 is 0 Å². The lowest BCUT2D eigenvalue weighted by Crippen LogP contribution is -1.89.